The van der Waals surface area contributed by atoms with Crippen LogP contribution in [0.25, 0.3) is 0 Å². The Labute approximate surface area is 127 Å². The van der Waals surface area contributed by atoms with Crippen molar-refractivity contribution < 1.29 is 9.53 Å². The molecule has 1 amide bonds. The Balaban J connectivity index is 2.06. The predicted molar refractivity (Wildman–Crippen MR) is 84.8 cm³/mol. The molecule has 1 saturated heterocycles. The molecule has 0 aromatic heterocycles. The third-order valence-electron chi connectivity index (χ3n) is 4.05. The Morgan fingerprint density at radius 3 is 2.57 bits per heavy atom. The summed E-state index contributed by atoms with van der Waals surface area (Å²) in [5.41, 5.74) is 0.723. The molecular weight excluding hydrogens is 264 g/mol. The second kappa shape index (κ2) is 7.46. The lowest BCUT2D eigenvalue weighted by atomic mass is 10.0. The molecule has 1 unspecified atom stereocenters. The maximum Gasteiger partial charge on any atom is 0.254 e. The van der Waals surface area contributed by atoms with E-state index in [0.717, 1.165) is 30.8 Å². The molecular formula is C17H26N2O2. The van der Waals surface area contributed by atoms with Gasteiger partial charge in [-0.15, -0.1) is 0 Å². The molecule has 1 aromatic rings. The van der Waals surface area contributed by atoms with Gasteiger partial charge < -0.3 is 15.0 Å². The number of carbonyl (C=O) groups excluding carboxylic acids is 1. The lowest BCUT2D eigenvalue weighted by Gasteiger charge is -2.33. The van der Waals surface area contributed by atoms with Crippen LogP contribution in [0.4, 0.5) is 0 Å². The molecule has 0 bridgehead atoms. The van der Waals surface area contributed by atoms with Crippen LogP contribution in [-0.2, 0) is 0 Å². The van der Waals surface area contributed by atoms with Gasteiger partial charge in [0.1, 0.15) is 5.75 Å². The summed E-state index contributed by atoms with van der Waals surface area (Å²) in [6, 6.07) is 7.97. The summed E-state index contributed by atoms with van der Waals surface area (Å²) >= 11 is 0. The fourth-order valence-corrected chi connectivity index (χ4v) is 2.74. The first-order valence-electron chi connectivity index (χ1n) is 7.80. The van der Waals surface area contributed by atoms with Crippen molar-refractivity contribution in [1.29, 1.82) is 0 Å². The molecule has 1 aliphatic heterocycles. The number of piperidine rings is 1. The molecule has 116 valence electrons. The number of carbonyl (C=O) groups is 1. The largest absolute Gasteiger partial charge is 0.497 e. The van der Waals surface area contributed by atoms with Crippen LogP contribution >= 0.6 is 0 Å². The van der Waals surface area contributed by atoms with Crippen molar-refractivity contribution in [3.63, 3.8) is 0 Å². The van der Waals surface area contributed by atoms with Crippen molar-refractivity contribution in [2.24, 2.45) is 0 Å². The summed E-state index contributed by atoms with van der Waals surface area (Å²) in [5, 5.41) is 3.52. The number of amides is 1. The quantitative estimate of drug-likeness (QED) is 0.906. The second-order valence-corrected chi connectivity index (χ2v) is 5.93. The van der Waals surface area contributed by atoms with Crippen LogP contribution in [0.1, 0.15) is 43.5 Å². The highest BCUT2D eigenvalue weighted by molar-refractivity contribution is 5.94. The summed E-state index contributed by atoms with van der Waals surface area (Å²) in [5.74, 6) is 0.872. The van der Waals surface area contributed by atoms with Gasteiger partial charge in [-0.3, -0.25) is 4.79 Å². The zero-order valence-corrected chi connectivity index (χ0v) is 13.3. The van der Waals surface area contributed by atoms with E-state index >= 15 is 0 Å². The van der Waals surface area contributed by atoms with Gasteiger partial charge in [-0.05, 0) is 57.5 Å². The molecule has 1 aromatic carbocycles. The summed E-state index contributed by atoms with van der Waals surface area (Å²) in [6.07, 6.45) is 3.64. The van der Waals surface area contributed by atoms with Gasteiger partial charge in [-0.1, -0.05) is 6.42 Å². The van der Waals surface area contributed by atoms with E-state index in [-0.39, 0.29) is 11.9 Å². The normalized spacial score (nSPS) is 18.6. The Morgan fingerprint density at radius 1 is 1.33 bits per heavy atom. The third-order valence-corrected chi connectivity index (χ3v) is 4.05. The van der Waals surface area contributed by atoms with Crippen LogP contribution < -0.4 is 10.1 Å². The summed E-state index contributed by atoms with van der Waals surface area (Å²) in [6.45, 7) is 5.99. The molecule has 1 atom stereocenters. The van der Waals surface area contributed by atoms with Crippen LogP contribution in [0.5, 0.6) is 5.75 Å². The smallest absolute Gasteiger partial charge is 0.254 e. The number of methoxy groups -OCH3 is 1. The lowest BCUT2D eigenvalue weighted by molar-refractivity contribution is 0.0677. The van der Waals surface area contributed by atoms with E-state index < -0.39 is 0 Å². The van der Waals surface area contributed by atoms with E-state index in [2.05, 4.69) is 19.2 Å². The van der Waals surface area contributed by atoms with Crippen LogP contribution in [0.3, 0.4) is 0 Å². The highest BCUT2D eigenvalue weighted by Gasteiger charge is 2.23. The minimum Gasteiger partial charge on any atom is -0.497 e. The molecule has 0 radical (unpaired) electrons. The topological polar surface area (TPSA) is 41.6 Å². The molecule has 4 nitrogen and oxygen atoms in total. The van der Waals surface area contributed by atoms with Crippen LogP contribution in [-0.4, -0.2) is 43.1 Å². The van der Waals surface area contributed by atoms with Crippen LogP contribution in [0.2, 0.25) is 0 Å². The van der Waals surface area contributed by atoms with E-state index in [0.29, 0.717) is 6.04 Å². The van der Waals surface area contributed by atoms with Crippen LogP contribution in [0, 0.1) is 0 Å². The number of hydrogen-bond acceptors (Lipinski definition) is 3. The molecule has 1 heterocycles. The van der Waals surface area contributed by atoms with E-state index in [1.165, 1.54) is 12.8 Å². The van der Waals surface area contributed by atoms with Gasteiger partial charge in [0.2, 0.25) is 0 Å². The van der Waals surface area contributed by atoms with Gasteiger partial charge >= 0.3 is 0 Å². The average Bonchev–Trinajstić information content (AvgIpc) is 2.53. The van der Waals surface area contributed by atoms with Gasteiger partial charge in [0, 0.05) is 24.2 Å². The Bertz CT molecular complexity index is 450. The van der Waals surface area contributed by atoms with Crippen molar-refractivity contribution in [2.45, 2.75) is 45.2 Å². The minimum absolute atomic E-state index is 0.0972. The Hall–Kier alpha value is -1.55. The van der Waals surface area contributed by atoms with Crippen LogP contribution in [0.15, 0.2) is 24.3 Å². The molecule has 0 spiro atoms. The molecule has 1 N–H and O–H groups in total. The van der Waals surface area contributed by atoms with Gasteiger partial charge in [-0.2, -0.15) is 0 Å². The number of hydrogen-bond donors (Lipinski definition) is 1. The number of benzene rings is 1. The number of nitrogens with zero attached hydrogens (tertiary/aromatic N) is 1. The Morgan fingerprint density at radius 2 is 2.05 bits per heavy atom. The molecule has 1 aliphatic rings. The van der Waals surface area contributed by atoms with Crippen molar-refractivity contribution in [1.82, 2.24) is 10.2 Å². The van der Waals surface area contributed by atoms with E-state index in [1.807, 2.05) is 29.2 Å². The van der Waals surface area contributed by atoms with Gasteiger partial charge in [0.25, 0.3) is 5.91 Å². The summed E-state index contributed by atoms with van der Waals surface area (Å²) in [7, 11) is 1.63. The van der Waals surface area contributed by atoms with E-state index in [1.54, 1.807) is 7.11 Å². The monoisotopic (exact) mass is 290 g/mol. The van der Waals surface area contributed by atoms with Crippen molar-refractivity contribution in [3.05, 3.63) is 29.8 Å². The van der Waals surface area contributed by atoms with Gasteiger partial charge in [0.15, 0.2) is 0 Å². The van der Waals surface area contributed by atoms with Gasteiger partial charge in [0.05, 0.1) is 7.11 Å². The number of rotatable bonds is 5. The first-order valence-corrected chi connectivity index (χ1v) is 7.80. The average molecular weight is 290 g/mol. The third kappa shape index (κ3) is 4.21. The predicted octanol–water partition coefficient (Wildman–Crippen LogP) is 2.69. The maximum atomic E-state index is 12.7. The molecule has 4 heteroatoms. The first kappa shape index (κ1) is 15.8. The molecule has 21 heavy (non-hydrogen) atoms. The maximum absolute atomic E-state index is 12.7. The molecule has 2 rings (SSSR count). The first-order chi connectivity index (χ1) is 10.1. The SMILES string of the molecule is COc1ccc(C(=O)N(CC2CCCCN2)C(C)C)cc1. The number of nitrogens with one attached hydrogen (secondary N) is 1. The lowest BCUT2D eigenvalue weighted by Crippen LogP contribution is -2.48. The highest BCUT2D eigenvalue weighted by Crippen LogP contribution is 2.16. The second-order valence-electron chi connectivity index (χ2n) is 5.93. The minimum atomic E-state index is 0.0972. The van der Waals surface area contributed by atoms with Crippen molar-refractivity contribution in [3.8, 4) is 5.75 Å². The fourth-order valence-electron chi connectivity index (χ4n) is 2.74. The van der Waals surface area contributed by atoms with Gasteiger partial charge in [-0.25, -0.2) is 0 Å². The van der Waals surface area contributed by atoms with Crippen molar-refractivity contribution >= 4 is 5.91 Å². The molecule has 0 aliphatic carbocycles. The highest BCUT2D eigenvalue weighted by atomic mass is 16.5. The number of ether oxygens (including phenoxy) is 1. The zero-order chi connectivity index (χ0) is 15.2. The summed E-state index contributed by atoms with van der Waals surface area (Å²) in [4.78, 5) is 14.7. The fraction of sp³-hybridized carbons (Fsp3) is 0.588. The molecule has 1 fully saturated rings. The Kier molecular flexibility index (Phi) is 5.62. The molecule has 0 saturated carbocycles. The van der Waals surface area contributed by atoms with Crippen molar-refractivity contribution in [2.75, 3.05) is 20.2 Å². The summed E-state index contributed by atoms with van der Waals surface area (Å²) < 4.78 is 5.14. The van der Waals surface area contributed by atoms with E-state index in [4.69, 9.17) is 4.74 Å². The standard InChI is InChI=1S/C17H26N2O2/c1-13(2)19(12-15-6-4-5-11-18-15)17(20)14-7-9-16(21-3)10-8-14/h7-10,13,15,18H,4-6,11-12H2,1-3H3. The zero-order valence-electron chi connectivity index (χ0n) is 13.3. The van der Waals surface area contributed by atoms with E-state index in [9.17, 15) is 4.79 Å².